The normalized spacial score (nSPS) is 26.9. The topological polar surface area (TPSA) is 46.3 Å². The molecule has 2 unspecified atom stereocenters. The summed E-state index contributed by atoms with van der Waals surface area (Å²) in [7, 11) is 0. The van der Waals surface area contributed by atoms with Crippen LogP contribution in [0.1, 0.15) is 24.8 Å². The summed E-state index contributed by atoms with van der Waals surface area (Å²) in [6.45, 7) is 0.656. The first-order chi connectivity index (χ1) is 8.29. The van der Waals surface area contributed by atoms with Gasteiger partial charge in [-0.1, -0.05) is 12.1 Å². The summed E-state index contributed by atoms with van der Waals surface area (Å²) in [5, 5.41) is 0. The molecule has 1 saturated carbocycles. The molecule has 2 atom stereocenters. The monoisotopic (exact) mass is 230 g/mol. The van der Waals surface area contributed by atoms with E-state index < -0.39 is 0 Å². The second kappa shape index (κ2) is 4.15. The summed E-state index contributed by atoms with van der Waals surface area (Å²) in [4.78, 5) is 14.1. The molecule has 1 aromatic rings. The van der Waals surface area contributed by atoms with Gasteiger partial charge in [-0.25, -0.2) is 0 Å². The molecule has 1 aliphatic heterocycles. The molecule has 1 aliphatic carbocycles. The number of hydrogen-bond donors (Lipinski definition) is 1. The van der Waals surface area contributed by atoms with Crippen molar-refractivity contribution in [1.29, 1.82) is 0 Å². The Balaban J connectivity index is 1.89. The molecule has 17 heavy (non-hydrogen) atoms. The van der Waals surface area contributed by atoms with Gasteiger partial charge in [0.05, 0.1) is 0 Å². The summed E-state index contributed by atoms with van der Waals surface area (Å²) in [5.41, 5.74) is 7.86. The van der Waals surface area contributed by atoms with Gasteiger partial charge in [0.1, 0.15) is 0 Å². The standard InChI is InChI=1S/C14H18N2O/c15-7-6-10-2-1-3-12(8-10)16-13-5-4-11(9-13)14(16)17/h1-3,8,11,13H,4-7,9,15H2. The third kappa shape index (κ3) is 1.75. The summed E-state index contributed by atoms with van der Waals surface area (Å²) < 4.78 is 0. The van der Waals surface area contributed by atoms with E-state index in [9.17, 15) is 4.79 Å². The number of carbonyl (C=O) groups excluding carboxylic acids is 1. The van der Waals surface area contributed by atoms with Crippen LogP contribution >= 0.6 is 0 Å². The zero-order valence-corrected chi connectivity index (χ0v) is 9.93. The molecule has 0 radical (unpaired) electrons. The Bertz CT molecular complexity index is 444. The Morgan fingerprint density at radius 3 is 2.94 bits per heavy atom. The maximum Gasteiger partial charge on any atom is 0.230 e. The second-order valence-corrected chi connectivity index (χ2v) is 5.08. The first-order valence-electron chi connectivity index (χ1n) is 6.41. The summed E-state index contributed by atoms with van der Waals surface area (Å²) in [6, 6.07) is 8.71. The minimum atomic E-state index is 0.290. The first-order valence-corrected chi connectivity index (χ1v) is 6.41. The highest BCUT2D eigenvalue weighted by Gasteiger charge is 2.45. The zero-order chi connectivity index (χ0) is 11.8. The van der Waals surface area contributed by atoms with Crippen molar-refractivity contribution >= 4 is 11.6 Å². The molecule has 1 saturated heterocycles. The van der Waals surface area contributed by atoms with Crippen molar-refractivity contribution in [2.24, 2.45) is 11.7 Å². The van der Waals surface area contributed by atoms with Crippen molar-refractivity contribution < 1.29 is 4.79 Å². The van der Waals surface area contributed by atoms with Gasteiger partial charge in [-0.05, 0) is 49.9 Å². The molecule has 2 fully saturated rings. The number of rotatable bonds is 3. The van der Waals surface area contributed by atoms with Gasteiger partial charge in [-0.3, -0.25) is 4.79 Å². The van der Waals surface area contributed by atoms with E-state index in [2.05, 4.69) is 12.1 Å². The molecule has 90 valence electrons. The number of anilines is 1. The lowest BCUT2D eigenvalue weighted by Gasteiger charge is -2.27. The van der Waals surface area contributed by atoms with E-state index >= 15 is 0 Å². The van der Waals surface area contributed by atoms with Crippen LogP contribution in [0.2, 0.25) is 0 Å². The van der Waals surface area contributed by atoms with Crippen molar-refractivity contribution in [1.82, 2.24) is 0 Å². The van der Waals surface area contributed by atoms with E-state index in [4.69, 9.17) is 5.73 Å². The van der Waals surface area contributed by atoms with Crippen LogP contribution in [0.5, 0.6) is 0 Å². The maximum absolute atomic E-state index is 12.1. The van der Waals surface area contributed by atoms with E-state index in [1.165, 1.54) is 5.56 Å². The molecule has 0 spiro atoms. The van der Waals surface area contributed by atoms with Crippen molar-refractivity contribution in [3.63, 3.8) is 0 Å². The van der Waals surface area contributed by atoms with Crippen LogP contribution in [-0.4, -0.2) is 18.5 Å². The number of hydrogen-bond acceptors (Lipinski definition) is 2. The number of piperidine rings is 1. The molecule has 3 nitrogen and oxygen atoms in total. The quantitative estimate of drug-likeness (QED) is 0.859. The Kier molecular flexibility index (Phi) is 2.63. The number of amides is 1. The van der Waals surface area contributed by atoms with Crippen LogP contribution in [0.4, 0.5) is 5.69 Å². The van der Waals surface area contributed by atoms with E-state index in [0.717, 1.165) is 31.4 Å². The van der Waals surface area contributed by atoms with Gasteiger partial charge in [-0.2, -0.15) is 0 Å². The van der Waals surface area contributed by atoms with E-state index in [1.807, 2.05) is 17.0 Å². The maximum atomic E-state index is 12.1. The minimum Gasteiger partial charge on any atom is -0.330 e. The summed E-state index contributed by atoms with van der Waals surface area (Å²) >= 11 is 0. The molecular weight excluding hydrogens is 212 g/mol. The number of nitrogens with two attached hydrogens (primary N) is 1. The van der Waals surface area contributed by atoms with E-state index in [-0.39, 0.29) is 5.92 Å². The number of nitrogens with zero attached hydrogens (tertiary/aromatic N) is 1. The summed E-state index contributed by atoms with van der Waals surface area (Å²) in [6.07, 6.45) is 4.18. The SMILES string of the molecule is NCCc1cccc(N2C(=O)C3CCC2C3)c1. The Labute approximate surface area is 102 Å². The van der Waals surface area contributed by atoms with Gasteiger partial charge in [-0.15, -0.1) is 0 Å². The van der Waals surface area contributed by atoms with Crippen LogP contribution in [0.15, 0.2) is 24.3 Å². The molecule has 1 aromatic carbocycles. The Morgan fingerprint density at radius 1 is 1.35 bits per heavy atom. The van der Waals surface area contributed by atoms with Crippen LogP contribution in [0.3, 0.4) is 0 Å². The largest absolute Gasteiger partial charge is 0.330 e. The van der Waals surface area contributed by atoms with Crippen LogP contribution in [-0.2, 0) is 11.2 Å². The highest BCUT2D eigenvalue weighted by molar-refractivity contribution is 5.98. The van der Waals surface area contributed by atoms with Gasteiger partial charge >= 0.3 is 0 Å². The molecule has 3 heteroatoms. The highest BCUT2D eigenvalue weighted by Crippen LogP contribution is 2.41. The fraction of sp³-hybridized carbons (Fsp3) is 0.500. The van der Waals surface area contributed by atoms with E-state index in [0.29, 0.717) is 18.5 Å². The van der Waals surface area contributed by atoms with E-state index in [1.54, 1.807) is 0 Å². The lowest BCUT2D eigenvalue weighted by molar-refractivity contribution is -0.121. The second-order valence-electron chi connectivity index (χ2n) is 5.08. The number of benzene rings is 1. The highest BCUT2D eigenvalue weighted by atomic mass is 16.2. The predicted octanol–water partition coefficient (Wildman–Crippen LogP) is 1.70. The van der Waals surface area contributed by atoms with Gasteiger partial charge in [0.2, 0.25) is 5.91 Å². The van der Waals surface area contributed by atoms with Crippen molar-refractivity contribution in [2.45, 2.75) is 31.7 Å². The third-order valence-corrected chi connectivity index (χ3v) is 3.98. The van der Waals surface area contributed by atoms with Crippen LogP contribution < -0.4 is 10.6 Å². The Morgan fingerprint density at radius 2 is 2.24 bits per heavy atom. The Hall–Kier alpha value is -1.35. The molecular formula is C14H18N2O. The summed E-state index contributed by atoms with van der Waals surface area (Å²) in [5.74, 6) is 0.615. The average molecular weight is 230 g/mol. The van der Waals surface area contributed by atoms with Gasteiger partial charge in [0.25, 0.3) is 0 Å². The lowest BCUT2D eigenvalue weighted by atomic mass is 10.1. The molecule has 1 heterocycles. The molecule has 1 amide bonds. The first kappa shape index (κ1) is 10.8. The number of fused-ring (bicyclic) bond motifs is 2. The zero-order valence-electron chi connectivity index (χ0n) is 9.93. The molecule has 3 rings (SSSR count). The van der Waals surface area contributed by atoms with Crippen molar-refractivity contribution in [3.8, 4) is 0 Å². The molecule has 0 aromatic heterocycles. The lowest BCUT2D eigenvalue weighted by Crippen LogP contribution is -2.36. The molecule has 2 N–H and O–H groups in total. The fourth-order valence-electron chi connectivity index (χ4n) is 3.16. The fourth-order valence-corrected chi connectivity index (χ4v) is 3.16. The minimum absolute atomic E-state index is 0.290. The van der Waals surface area contributed by atoms with Crippen molar-refractivity contribution in [3.05, 3.63) is 29.8 Å². The smallest absolute Gasteiger partial charge is 0.230 e. The van der Waals surface area contributed by atoms with Gasteiger partial charge < -0.3 is 10.6 Å². The number of carbonyl (C=O) groups is 1. The predicted molar refractivity (Wildman–Crippen MR) is 67.8 cm³/mol. The third-order valence-electron chi connectivity index (χ3n) is 3.98. The van der Waals surface area contributed by atoms with Crippen LogP contribution in [0, 0.1) is 5.92 Å². The van der Waals surface area contributed by atoms with Crippen LogP contribution in [0.25, 0.3) is 0 Å². The van der Waals surface area contributed by atoms with Gasteiger partial charge in [0, 0.05) is 17.6 Å². The van der Waals surface area contributed by atoms with Crippen molar-refractivity contribution in [2.75, 3.05) is 11.4 Å². The molecule has 2 bridgehead atoms. The molecule has 2 aliphatic rings. The average Bonchev–Trinajstić information content (AvgIpc) is 2.90. The van der Waals surface area contributed by atoms with Gasteiger partial charge in [0.15, 0.2) is 0 Å².